The predicted molar refractivity (Wildman–Crippen MR) is 61.2 cm³/mol. The van der Waals surface area contributed by atoms with Crippen LogP contribution in [0.3, 0.4) is 0 Å². The van der Waals surface area contributed by atoms with Gasteiger partial charge in [-0.25, -0.2) is 0 Å². The summed E-state index contributed by atoms with van der Waals surface area (Å²) in [6.45, 7) is 2.38. The van der Waals surface area contributed by atoms with E-state index in [1.807, 2.05) is 13.0 Å². The maximum absolute atomic E-state index is 11.0. The van der Waals surface area contributed by atoms with Gasteiger partial charge in [0.1, 0.15) is 11.5 Å². The normalized spacial score (nSPS) is 9.50. The van der Waals surface area contributed by atoms with Gasteiger partial charge in [0, 0.05) is 12.8 Å². The zero-order valence-corrected chi connectivity index (χ0v) is 9.40. The van der Waals surface area contributed by atoms with Crippen molar-refractivity contribution in [2.75, 3.05) is 6.61 Å². The van der Waals surface area contributed by atoms with Gasteiger partial charge in [-0.2, -0.15) is 5.26 Å². The lowest BCUT2D eigenvalue weighted by Crippen LogP contribution is -2.02. The molecular weight excluding hydrogens is 202 g/mol. The summed E-state index contributed by atoms with van der Waals surface area (Å²) in [6.07, 6.45) is 1.88. The van der Waals surface area contributed by atoms with E-state index in [0.29, 0.717) is 30.8 Å². The van der Waals surface area contributed by atoms with Crippen LogP contribution in [-0.2, 0) is 4.79 Å². The number of hydrogen-bond donors (Lipinski definition) is 0. The molecule has 3 heteroatoms. The number of Topliss-reactive ketones (excluding diaryl/α,β-unsaturated/α-hetero) is 1. The van der Waals surface area contributed by atoms with E-state index < -0.39 is 0 Å². The molecule has 0 fully saturated rings. The highest BCUT2D eigenvalue weighted by Crippen LogP contribution is 2.12. The van der Waals surface area contributed by atoms with Gasteiger partial charge in [-0.1, -0.05) is 13.0 Å². The van der Waals surface area contributed by atoms with Crippen LogP contribution in [0.25, 0.3) is 0 Å². The Bertz CT molecular complexity index is 393. The number of rotatable bonds is 6. The van der Waals surface area contributed by atoms with E-state index in [1.54, 1.807) is 18.2 Å². The summed E-state index contributed by atoms with van der Waals surface area (Å²) >= 11 is 0. The molecule has 0 aliphatic heterocycles. The molecule has 0 N–H and O–H groups in total. The molecule has 0 bridgehead atoms. The van der Waals surface area contributed by atoms with Crippen LogP contribution in [-0.4, -0.2) is 12.4 Å². The second-order valence-corrected chi connectivity index (χ2v) is 3.48. The van der Waals surface area contributed by atoms with E-state index in [1.165, 1.54) is 0 Å². The molecule has 0 radical (unpaired) electrons. The number of ketones is 1. The zero-order chi connectivity index (χ0) is 11.8. The molecule has 0 spiro atoms. The van der Waals surface area contributed by atoms with Crippen LogP contribution in [0.4, 0.5) is 0 Å². The van der Waals surface area contributed by atoms with Crippen LogP contribution in [0, 0.1) is 11.3 Å². The highest BCUT2D eigenvalue weighted by atomic mass is 16.5. The zero-order valence-electron chi connectivity index (χ0n) is 9.40. The van der Waals surface area contributed by atoms with E-state index in [4.69, 9.17) is 10.00 Å². The summed E-state index contributed by atoms with van der Waals surface area (Å²) in [4.78, 5) is 11.0. The Labute approximate surface area is 95.7 Å². The molecule has 3 nitrogen and oxygen atoms in total. The van der Waals surface area contributed by atoms with Crippen molar-refractivity contribution in [3.63, 3.8) is 0 Å². The summed E-state index contributed by atoms with van der Waals surface area (Å²) in [5.41, 5.74) is 0.585. The molecule has 0 saturated carbocycles. The van der Waals surface area contributed by atoms with Crippen molar-refractivity contribution in [1.82, 2.24) is 0 Å². The minimum absolute atomic E-state index is 0.259. The molecule has 1 aromatic rings. The fraction of sp³-hybridized carbons (Fsp3) is 0.385. The van der Waals surface area contributed by atoms with E-state index >= 15 is 0 Å². The SMILES string of the molecule is CCC(=O)CCCOc1cccc(C#N)c1. The summed E-state index contributed by atoms with van der Waals surface area (Å²) in [5.74, 6) is 0.942. The number of carbonyl (C=O) groups excluding carboxylic acids is 1. The van der Waals surface area contributed by atoms with Crippen LogP contribution < -0.4 is 4.74 Å². The third kappa shape index (κ3) is 4.14. The van der Waals surface area contributed by atoms with Gasteiger partial charge in [-0.15, -0.1) is 0 Å². The first-order chi connectivity index (χ1) is 7.76. The molecule has 0 heterocycles. The Morgan fingerprint density at radius 1 is 1.50 bits per heavy atom. The quantitative estimate of drug-likeness (QED) is 0.688. The van der Waals surface area contributed by atoms with Gasteiger partial charge in [0.2, 0.25) is 0 Å². The van der Waals surface area contributed by atoms with Gasteiger partial charge in [0.25, 0.3) is 0 Å². The molecule has 84 valence electrons. The smallest absolute Gasteiger partial charge is 0.132 e. The third-order valence-electron chi connectivity index (χ3n) is 2.23. The van der Waals surface area contributed by atoms with Crippen molar-refractivity contribution >= 4 is 5.78 Å². The van der Waals surface area contributed by atoms with Crippen LogP contribution in [0.15, 0.2) is 24.3 Å². The Balaban J connectivity index is 2.32. The average molecular weight is 217 g/mol. The lowest BCUT2D eigenvalue weighted by atomic mass is 10.2. The molecule has 0 aliphatic carbocycles. The molecule has 0 aromatic heterocycles. The number of carbonyl (C=O) groups is 1. The number of benzene rings is 1. The Morgan fingerprint density at radius 3 is 3.00 bits per heavy atom. The summed E-state index contributed by atoms with van der Waals surface area (Å²) in [7, 11) is 0. The van der Waals surface area contributed by atoms with Crippen molar-refractivity contribution in [2.45, 2.75) is 26.2 Å². The lowest BCUT2D eigenvalue weighted by Gasteiger charge is -2.05. The molecule has 0 unspecified atom stereocenters. The number of hydrogen-bond acceptors (Lipinski definition) is 3. The molecule has 0 aliphatic rings. The van der Waals surface area contributed by atoms with E-state index in [-0.39, 0.29) is 5.78 Å². The Morgan fingerprint density at radius 2 is 2.31 bits per heavy atom. The highest BCUT2D eigenvalue weighted by molar-refractivity contribution is 5.77. The van der Waals surface area contributed by atoms with Gasteiger partial charge in [-0.05, 0) is 24.6 Å². The minimum Gasteiger partial charge on any atom is -0.494 e. The van der Waals surface area contributed by atoms with E-state index in [9.17, 15) is 4.79 Å². The number of ether oxygens (including phenoxy) is 1. The first kappa shape index (κ1) is 12.3. The summed E-state index contributed by atoms with van der Waals surface area (Å²) in [6, 6.07) is 9.07. The molecule has 16 heavy (non-hydrogen) atoms. The minimum atomic E-state index is 0.259. The Hall–Kier alpha value is -1.82. The second kappa shape index (κ2) is 6.62. The van der Waals surface area contributed by atoms with Gasteiger partial charge in [0.15, 0.2) is 0 Å². The molecule has 0 amide bonds. The van der Waals surface area contributed by atoms with Crippen LogP contribution in [0.1, 0.15) is 31.7 Å². The lowest BCUT2D eigenvalue weighted by molar-refractivity contribution is -0.118. The van der Waals surface area contributed by atoms with Crippen LogP contribution >= 0.6 is 0 Å². The van der Waals surface area contributed by atoms with Gasteiger partial charge < -0.3 is 4.74 Å². The van der Waals surface area contributed by atoms with Crippen molar-refractivity contribution in [2.24, 2.45) is 0 Å². The van der Waals surface area contributed by atoms with Gasteiger partial charge in [0.05, 0.1) is 18.2 Å². The topological polar surface area (TPSA) is 50.1 Å². The average Bonchev–Trinajstić information content (AvgIpc) is 2.34. The first-order valence-electron chi connectivity index (χ1n) is 5.41. The maximum Gasteiger partial charge on any atom is 0.132 e. The van der Waals surface area contributed by atoms with Crippen molar-refractivity contribution in [1.29, 1.82) is 5.26 Å². The maximum atomic E-state index is 11.0. The second-order valence-electron chi connectivity index (χ2n) is 3.48. The number of nitrogens with zero attached hydrogens (tertiary/aromatic N) is 1. The molecule has 1 aromatic carbocycles. The fourth-order valence-electron chi connectivity index (χ4n) is 1.29. The first-order valence-corrected chi connectivity index (χ1v) is 5.41. The number of nitriles is 1. The monoisotopic (exact) mass is 217 g/mol. The van der Waals surface area contributed by atoms with Crippen molar-refractivity contribution in [3.05, 3.63) is 29.8 Å². The summed E-state index contributed by atoms with van der Waals surface area (Å²) in [5, 5.41) is 8.69. The van der Waals surface area contributed by atoms with E-state index in [0.717, 1.165) is 6.42 Å². The van der Waals surface area contributed by atoms with E-state index in [2.05, 4.69) is 6.07 Å². The molecule has 0 atom stereocenters. The largest absolute Gasteiger partial charge is 0.494 e. The summed E-state index contributed by atoms with van der Waals surface area (Å²) < 4.78 is 5.44. The predicted octanol–water partition coefficient (Wildman–Crippen LogP) is 2.70. The van der Waals surface area contributed by atoms with Crippen molar-refractivity contribution in [3.8, 4) is 11.8 Å². The molecular formula is C13H15NO2. The standard InChI is InChI=1S/C13H15NO2/c1-2-12(15)6-4-8-16-13-7-3-5-11(9-13)10-14/h3,5,7,9H,2,4,6,8H2,1H3. The third-order valence-corrected chi connectivity index (χ3v) is 2.23. The van der Waals surface area contributed by atoms with Gasteiger partial charge in [-0.3, -0.25) is 4.79 Å². The Kier molecular flexibility index (Phi) is 5.07. The molecule has 1 rings (SSSR count). The molecule has 0 saturated heterocycles. The van der Waals surface area contributed by atoms with Crippen LogP contribution in [0.5, 0.6) is 5.75 Å². The van der Waals surface area contributed by atoms with Gasteiger partial charge >= 0.3 is 0 Å². The fourth-order valence-corrected chi connectivity index (χ4v) is 1.29. The van der Waals surface area contributed by atoms with Crippen molar-refractivity contribution < 1.29 is 9.53 Å². The highest BCUT2D eigenvalue weighted by Gasteiger charge is 1.99. The van der Waals surface area contributed by atoms with Crippen LogP contribution in [0.2, 0.25) is 0 Å².